The Hall–Kier alpha value is -1.01. The standard InChI is InChI=1S/C20H34BNO4/c1-18(2,3)24-17(23)22-11-10-14-12-16(9-8-15(14)13-22)21-25-19(4,5)20(6,7)26-21/h9,14-15H,8,10-13H2,1-7H3. The van der Waals surface area contributed by atoms with Gasteiger partial charge in [-0.1, -0.05) is 6.08 Å². The highest BCUT2D eigenvalue weighted by Gasteiger charge is 2.53. The molecule has 0 spiro atoms. The van der Waals surface area contributed by atoms with Crippen LogP contribution in [0.5, 0.6) is 0 Å². The molecule has 2 unspecified atom stereocenters. The summed E-state index contributed by atoms with van der Waals surface area (Å²) in [5.41, 5.74) is 0.241. The molecule has 6 heteroatoms. The van der Waals surface area contributed by atoms with Gasteiger partial charge in [0.15, 0.2) is 0 Å². The Labute approximate surface area is 158 Å². The molecule has 1 aliphatic carbocycles. The van der Waals surface area contributed by atoms with E-state index < -0.39 is 5.60 Å². The largest absolute Gasteiger partial charge is 0.490 e. The Morgan fingerprint density at radius 2 is 1.81 bits per heavy atom. The van der Waals surface area contributed by atoms with Crippen molar-refractivity contribution >= 4 is 13.2 Å². The summed E-state index contributed by atoms with van der Waals surface area (Å²) in [6.45, 7) is 15.7. The number of hydrogen-bond acceptors (Lipinski definition) is 4. The highest BCUT2D eigenvalue weighted by molar-refractivity contribution is 6.54. The lowest BCUT2D eigenvalue weighted by Gasteiger charge is -2.41. The van der Waals surface area contributed by atoms with Crippen LogP contribution in [0, 0.1) is 11.8 Å². The number of carbonyl (C=O) groups excluding carboxylic acids is 1. The zero-order chi connectivity index (χ0) is 19.3. The average Bonchev–Trinajstić information content (AvgIpc) is 2.72. The second-order valence-corrected chi connectivity index (χ2v) is 10.0. The fraction of sp³-hybridized carbons (Fsp3) is 0.850. The van der Waals surface area contributed by atoms with Crippen molar-refractivity contribution in [2.45, 2.75) is 84.5 Å². The molecule has 0 N–H and O–H groups in total. The van der Waals surface area contributed by atoms with Crippen molar-refractivity contribution in [3.05, 3.63) is 11.5 Å². The molecule has 1 amide bonds. The predicted molar refractivity (Wildman–Crippen MR) is 103 cm³/mol. The maximum Gasteiger partial charge on any atom is 0.490 e. The fourth-order valence-corrected chi connectivity index (χ4v) is 3.98. The van der Waals surface area contributed by atoms with Crippen molar-refractivity contribution in [1.29, 1.82) is 0 Å². The third-order valence-corrected chi connectivity index (χ3v) is 6.28. The molecule has 2 saturated heterocycles. The number of ether oxygens (including phenoxy) is 1. The van der Waals surface area contributed by atoms with E-state index in [2.05, 4.69) is 33.8 Å². The summed E-state index contributed by atoms with van der Waals surface area (Å²) in [5, 5.41) is 0. The van der Waals surface area contributed by atoms with Crippen molar-refractivity contribution in [1.82, 2.24) is 4.90 Å². The van der Waals surface area contributed by atoms with Gasteiger partial charge in [-0.25, -0.2) is 4.79 Å². The number of hydrogen-bond donors (Lipinski definition) is 0. The van der Waals surface area contributed by atoms with Crippen LogP contribution in [0.1, 0.15) is 67.7 Å². The van der Waals surface area contributed by atoms with Crippen LogP contribution in [0.25, 0.3) is 0 Å². The van der Waals surface area contributed by atoms with E-state index in [-0.39, 0.29) is 24.4 Å². The first kappa shape index (κ1) is 19.7. The minimum Gasteiger partial charge on any atom is -0.444 e. The Balaban J connectivity index is 1.61. The SMILES string of the molecule is CC(C)(C)OC(=O)N1CCC2CC(B3OC(C)(C)C(C)(C)O3)=CCC2C1. The van der Waals surface area contributed by atoms with E-state index in [1.807, 2.05) is 25.7 Å². The van der Waals surface area contributed by atoms with Crippen molar-refractivity contribution in [3.63, 3.8) is 0 Å². The Kier molecular flexibility index (Phi) is 4.98. The number of rotatable bonds is 1. The zero-order valence-corrected chi connectivity index (χ0v) is 17.4. The van der Waals surface area contributed by atoms with E-state index in [1.54, 1.807) is 0 Å². The van der Waals surface area contributed by atoms with Crippen molar-refractivity contribution in [2.24, 2.45) is 11.8 Å². The molecule has 0 saturated carbocycles. The van der Waals surface area contributed by atoms with Crippen molar-refractivity contribution in [3.8, 4) is 0 Å². The third-order valence-electron chi connectivity index (χ3n) is 6.28. The van der Waals surface area contributed by atoms with E-state index >= 15 is 0 Å². The van der Waals surface area contributed by atoms with Gasteiger partial charge in [0, 0.05) is 13.1 Å². The lowest BCUT2D eigenvalue weighted by molar-refractivity contribution is 0.00578. The van der Waals surface area contributed by atoms with Crippen LogP contribution in [0.15, 0.2) is 11.5 Å². The van der Waals surface area contributed by atoms with E-state index in [1.165, 1.54) is 5.47 Å². The van der Waals surface area contributed by atoms with Gasteiger partial charge in [0.05, 0.1) is 11.2 Å². The second kappa shape index (κ2) is 6.56. The molecular formula is C20H34BNO4. The Morgan fingerprint density at radius 1 is 1.19 bits per heavy atom. The van der Waals surface area contributed by atoms with Crippen molar-refractivity contribution in [2.75, 3.05) is 13.1 Å². The molecule has 0 aromatic heterocycles. The van der Waals surface area contributed by atoms with Crippen LogP contribution < -0.4 is 0 Å². The van der Waals surface area contributed by atoms with Crippen molar-refractivity contribution < 1.29 is 18.8 Å². The Bertz CT molecular complexity index is 577. The number of nitrogens with zero attached hydrogens (tertiary/aromatic N) is 1. The highest BCUT2D eigenvalue weighted by atomic mass is 16.7. The van der Waals surface area contributed by atoms with E-state index in [4.69, 9.17) is 14.0 Å². The molecule has 5 nitrogen and oxygen atoms in total. The number of carbonyl (C=O) groups is 1. The van der Waals surface area contributed by atoms with Crippen LogP contribution in [-0.2, 0) is 14.0 Å². The van der Waals surface area contributed by atoms with Crippen LogP contribution >= 0.6 is 0 Å². The summed E-state index contributed by atoms with van der Waals surface area (Å²) >= 11 is 0. The number of allylic oxidation sites excluding steroid dienone is 2. The van der Waals surface area contributed by atoms with Gasteiger partial charge in [-0.05, 0) is 85.0 Å². The average molecular weight is 363 g/mol. The van der Waals surface area contributed by atoms with Crippen LogP contribution in [0.3, 0.4) is 0 Å². The van der Waals surface area contributed by atoms with Gasteiger partial charge in [0.25, 0.3) is 0 Å². The quantitative estimate of drug-likeness (QED) is 0.655. The number of fused-ring (bicyclic) bond motifs is 1. The lowest BCUT2D eigenvalue weighted by atomic mass is 9.65. The lowest BCUT2D eigenvalue weighted by Crippen LogP contribution is -2.47. The first-order valence-electron chi connectivity index (χ1n) is 9.90. The number of amides is 1. The molecule has 0 radical (unpaired) electrons. The summed E-state index contributed by atoms with van der Waals surface area (Å²) < 4.78 is 18.0. The Morgan fingerprint density at radius 3 is 2.38 bits per heavy atom. The monoisotopic (exact) mass is 363 g/mol. The van der Waals surface area contributed by atoms with Gasteiger partial charge in [0.1, 0.15) is 5.60 Å². The summed E-state index contributed by atoms with van der Waals surface area (Å²) in [7, 11) is -0.232. The molecule has 2 atom stereocenters. The molecular weight excluding hydrogens is 329 g/mol. The first-order valence-corrected chi connectivity index (χ1v) is 9.90. The maximum atomic E-state index is 12.4. The van der Waals surface area contributed by atoms with Gasteiger partial charge < -0.3 is 18.9 Å². The third kappa shape index (κ3) is 3.96. The molecule has 0 bridgehead atoms. The summed E-state index contributed by atoms with van der Waals surface area (Å²) in [5.74, 6) is 1.09. The van der Waals surface area contributed by atoms with Gasteiger partial charge in [0.2, 0.25) is 0 Å². The van der Waals surface area contributed by atoms with Gasteiger partial charge >= 0.3 is 13.2 Å². The maximum absolute atomic E-state index is 12.4. The molecule has 0 aromatic rings. The molecule has 26 heavy (non-hydrogen) atoms. The van der Waals surface area contributed by atoms with Crippen LogP contribution in [-0.4, -0.2) is 48.0 Å². The van der Waals surface area contributed by atoms with Gasteiger partial charge in [-0.3, -0.25) is 0 Å². The molecule has 2 heterocycles. The normalized spacial score (nSPS) is 30.7. The van der Waals surface area contributed by atoms with Gasteiger partial charge in [-0.2, -0.15) is 0 Å². The molecule has 2 fully saturated rings. The van der Waals surface area contributed by atoms with Crippen LogP contribution in [0.4, 0.5) is 4.79 Å². The molecule has 146 valence electrons. The smallest absolute Gasteiger partial charge is 0.444 e. The molecule has 2 aliphatic heterocycles. The molecule has 0 aromatic carbocycles. The minimum atomic E-state index is -0.440. The zero-order valence-electron chi connectivity index (χ0n) is 17.4. The van der Waals surface area contributed by atoms with E-state index in [0.717, 1.165) is 32.4 Å². The van der Waals surface area contributed by atoms with Gasteiger partial charge in [-0.15, -0.1) is 0 Å². The summed E-state index contributed by atoms with van der Waals surface area (Å²) in [6, 6.07) is 0. The topological polar surface area (TPSA) is 48.0 Å². The first-order chi connectivity index (χ1) is 11.9. The number of likely N-dealkylation sites (tertiary alicyclic amines) is 1. The minimum absolute atomic E-state index is 0.184. The second-order valence-electron chi connectivity index (χ2n) is 10.0. The van der Waals surface area contributed by atoms with Crippen LogP contribution in [0.2, 0.25) is 0 Å². The van der Waals surface area contributed by atoms with E-state index in [0.29, 0.717) is 11.8 Å². The summed E-state index contributed by atoms with van der Waals surface area (Å²) in [6.07, 6.45) is 5.09. The molecule has 3 rings (SSSR count). The fourth-order valence-electron chi connectivity index (χ4n) is 3.98. The predicted octanol–water partition coefficient (Wildman–Crippen LogP) is 4.21. The van der Waals surface area contributed by atoms with E-state index in [9.17, 15) is 4.79 Å². The summed E-state index contributed by atoms with van der Waals surface area (Å²) in [4.78, 5) is 14.2. The molecule has 3 aliphatic rings. The number of piperidine rings is 1. The highest BCUT2D eigenvalue weighted by Crippen LogP contribution is 2.43.